The smallest absolute Gasteiger partial charge is 0.315 e. The van der Waals surface area contributed by atoms with Crippen LogP contribution in [0.5, 0.6) is 11.5 Å². The lowest BCUT2D eigenvalue weighted by Gasteiger charge is -2.26. The van der Waals surface area contributed by atoms with Gasteiger partial charge in [-0.15, -0.1) is 0 Å². The molecule has 6 heteroatoms. The molecule has 2 N–H and O–H groups in total. The number of halogens is 1. The van der Waals surface area contributed by atoms with Crippen molar-refractivity contribution in [2.45, 2.75) is 25.8 Å². The van der Waals surface area contributed by atoms with Crippen LogP contribution in [0.25, 0.3) is 0 Å². The highest BCUT2D eigenvalue weighted by Crippen LogP contribution is 2.32. The van der Waals surface area contributed by atoms with Gasteiger partial charge in [-0.2, -0.15) is 0 Å². The number of urea groups is 1. The number of carbonyl (C=O) groups is 1. The number of ether oxygens (including phenoxy) is 2. The van der Waals surface area contributed by atoms with Crippen LogP contribution in [0.1, 0.15) is 25.0 Å². The molecule has 26 heavy (non-hydrogen) atoms. The van der Waals surface area contributed by atoms with Gasteiger partial charge in [-0.3, -0.25) is 0 Å². The van der Waals surface area contributed by atoms with E-state index in [9.17, 15) is 4.79 Å². The fourth-order valence-corrected chi connectivity index (χ4v) is 2.63. The number of carbonyl (C=O) groups excluding carboxylic acids is 1. The van der Waals surface area contributed by atoms with E-state index in [2.05, 4.69) is 24.5 Å². The van der Waals surface area contributed by atoms with E-state index in [0.717, 1.165) is 11.1 Å². The largest absolute Gasteiger partial charge is 0.493 e. The highest BCUT2D eigenvalue weighted by Gasteiger charge is 2.23. The van der Waals surface area contributed by atoms with Gasteiger partial charge in [0.25, 0.3) is 0 Å². The monoisotopic (exact) mass is 376 g/mol. The summed E-state index contributed by atoms with van der Waals surface area (Å²) in [5.74, 6) is 1.35. The van der Waals surface area contributed by atoms with Crippen molar-refractivity contribution in [3.8, 4) is 11.5 Å². The Hall–Kier alpha value is -2.40. The lowest BCUT2D eigenvalue weighted by Crippen LogP contribution is -2.42. The van der Waals surface area contributed by atoms with Crippen LogP contribution in [0.4, 0.5) is 4.79 Å². The van der Waals surface area contributed by atoms with E-state index in [1.54, 1.807) is 26.4 Å². The SMILES string of the molecule is COc1ccc(C(C)(C)CNC(=O)NCc2ccc(Cl)cc2)cc1OC. The first-order valence-corrected chi connectivity index (χ1v) is 8.72. The third-order valence-electron chi connectivity index (χ3n) is 4.22. The fourth-order valence-electron chi connectivity index (χ4n) is 2.51. The standard InChI is InChI=1S/C20H25ClN2O3/c1-20(2,15-7-10-17(25-3)18(11-15)26-4)13-23-19(24)22-12-14-5-8-16(21)9-6-14/h5-11H,12-13H2,1-4H3,(H2,22,23,24). The molecule has 2 amide bonds. The summed E-state index contributed by atoms with van der Waals surface area (Å²) in [6, 6.07) is 12.9. The molecule has 0 saturated carbocycles. The van der Waals surface area contributed by atoms with Crippen molar-refractivity contribution in [1.29, 1.82) is 0 Å². The predicted octanol–water partition coefficient (Wildman–Crippen LogP) is 4.13. The van der Waals surface area contributed by atoms with Crippen LogP contribution in [0.3, 0.4) is 0 Å². The summed E-state index contributed by atoms with van der Waals surface area (Å²) in [5.41, 5.74) is 1.77. The highest BCUT2D eigenvalue weighted by molar-refractivity contribution is 6.30. The van der Waals surface area contributed by atoms with Gasteiger partial charge < -0.3 is 20.1 Å². The molecule has 0 aliphatic heterocycles. The molecular weight excluding hydrogens is 352 g/mol. The average Bonchev–Trinajstić information content (AvgIpc) is 2.65. The summed E-state index contributed by atoms with van der Waals surface area (Å²) >= 11 is 5.86. The zero-order valence-corrected chi connectivity index (χ0v) is 16.3. The number of amides is 2. The molecule has 0 unspecified atom stereocenters. The molecule has 0 aliphatic carbocycles. The maximum absolute atomic E-state index is 12.1. The van der Waals surface area contributed by atoms with E-state index in [1.165, 1.54) is 0 Å². The van der Waals surface area contributed by atoms with Gasteiger partial charge in [0.15, 0.2) is 11.5 Å². The van der Waals surface area contributed by atoms with Crippen LogP contribution in [-0.2, 0) is 12.0 Å². The molecule has 140 valence electrons. The van der Waals surface area contributed by atoms with Crippen molar-refractivity contribution in [2.24, 2.45) is 0 Å². The quantitative estimate of drug-likeness (QED) is 0.763. The summed E-state index contributed by atoms with van der Waals surface area (Å²) in [6.07, 6.45) is 0. The summed E-state index contributed by atoms with van der Waals surface area (Å²) in [6.45, 7) is 5.05. The minimum absolute atomic E-state index is 0.214. The lowest BCUT2D eigenvalue weighted by molar-refractivity contribution is 0.238. The fraction of sp³-hybridized carbons (Fsp3) is 0.350. The van der Waals surface area contributed by atoms with E-state index < -0.39 is 0 Å². The van der Waals surface area contributed by atoms with Crippen LogP contribution in [0.2, 0.25) is 5.02 Å². The van der Waals surface area contributed by atoms with Gasteiger partial charge in [-0.1, -0.05) is 43.6 Å². The molecule has 0 aromatic heterocycles. The second-order valence-electron chi connectivity index (χ2n) is 6.62. The summed E-state index contributed by atoms with van der Waals surface area (Å²) < 4.78 is 10.6. The summed E-state index contributed by atoms with van der Waals surface area (Å²) in [4.78, 5) is 12.1. The Morgan fingerprint density at radius 1 is 1.00 bits per heavy atom. The molecule has 0 bridgehead atoms. The molecule has 2 aromatic rings. The summed E-state index contributed by atoms with van der Waals surface area (Å²) in [7, 11) is 3.21. The number of hydrogen-bond acceptors (Lipinski definition) is 3. The number of rotatable bonds is 7. The Morgan fingerprint density at radius 3 is 2.27 bits per heavy atom. The number of hydrogen-bond donors (Lipinski definition) is 2. The zero-order valence-electron chi connectivity index (χ0n) is 15.6. The predicted molar refractivity (Wildman–Crippen MR) is 104 cm³/mol. The molecule has 0 aliphatic rings. The third kappa shape index (κ3) is 5.30. The van der Waals surface area contributed by atoms with Crippen molar-refractivity contribution >= 4 is 17.6 Å². The molecular formula is C20H25ClN2O3. The molecule has 0 spiro atoms. The normalized spacial score (nSPS) is 11.0. The Morgan fingerprint density at radius 2 is 1.65 bits per heavy atom. The third-order valence-corrected chi connectivity index (χ3v) is 4.47. The minimum atomic E-state index is -0.267. The van der Waals surface area contributed by atoms with Gasteiger partial charge >= 0.3 is 6.03 Å². The topological polar surface area (TPSA) is 59.6 Å². The number of methoxy groups -OCH3 is 2. The summed E-state index contributed by atoms with van der Waals surface area (Å²) in [5, 5.41) is 6.44. The van der Waals surface area contributed by atoms with Gasteiger partial charge in [0, 0.05) is 23.5 Å². The Bertz CT molecular complexity index is 745. The first kappa shape index (κ1) is 19.9. The second-order valence-corrected chi connectivity index (χ2v) is 7.05. The van der Waals surface area contributed by atoms with E-state index in [-0.39, 0.29) is 11.4 Å². The average molecular weight is 377 g/mol. The zero-order chi connectivity index (χ0) is 19.2. The molecule has 0 fully saturated rings. The van der Waals surface area contributed by atoms with Crippen LogP contribution >= 0.6 is 11.6 Å². The molecule has 2 aromatic carbocycles. The number of benzene rings is 2. The maximum Gasteiger partial charge on any atom is 0.315 e. The highest BCUT2D eigenvalue weighted by atomic mass is 35.5. The van der Waals surface area contributed by atoms with Crippen molar-refractivity contribution in [2.75, 3.05) is 20.8 Å². The van der Waals surface area contributed by atoms with Gasteiger partial charge in [0.2, 0.25) is 0 Å². The Labute approximate surface area is 159 Å². The molecule has 0 heterocycles. The van der Waals surface area contributed by atoms with E-state index in [0.29, 0.717) is 29.6 Å². The van der Waals surface area contributed by atoms with E-state index >= 15 is 0 Å². The van der Waals surface area contributed by atoms with Gasteiger partial charge in [-0.05, 0) is 35.4 Å². The van der Waals surface area contributed by atoms with E-state index in [1.807, 2.05) is 30.3 Å². The maximum atomic E-state index is 12.1. The van der Waals surface area contributed by atoms with Crippen LogP contribution in [0.15, 0.2) is 42.5 Å². The Kier molecular flexibility index (Phi) is 6.75. The van der Waals surface area contributed by atoms with Crippen molar-refractivity contribution in [3.05, 3.63) is 58.6 Å². The molecule has 0 radical (unpaired) electrons. The first-order chi connectivity index (χ1) is 12.4. The van der Waals surface area contributed by atoms with Crippen LogP contribution in [0, 0.1) is 0 Å². The molecule has 2 rings (SSSR count). The van der Waals surface area contributed by atoms with Crippen molar-refractivity contribution in [3.63, 3.8) is 0 Å². The first-order valence-electron chi connectivity index (χ1n) is 8.34. The van der Waals surface area contributed by atoms with Crippen LogP contribution in [-0.4, -0.2) is 26.8 Å². The van der Waals surface area contributed by atoms with Crippen molar-refractivity contribution in [1.82, 2.24) is 10.6 Å². The Balaban J connectivity index is 1.92. The second kappa shape index (κ2) is 8.81. The molecule has 5 nitrogen and oxygen atoms in total. The van der Waals surface area contributed by atoms with Gasteiger partial charge in [0.05, 0.1) is 14.2 Å². The molecule has 0 saturated heterocycles. The lowest BCUT2D eigenvalue weighted by atomic mass is 9.84. The van der Waals surface area contributed by atoms with Gasteiger partial charge in [0.1, 0.15) is 0 Å². The van der Waals surface area contributed by atoms with Crippen LogP contribution < -0.4 is 20.1 Å². The number of nitrogens with one attached hydrogen (secondary N) is 2. The van der Waals surface area contributed by atoms with E-state index in [4.69, 9.17) is 21.1 Å². The van der Waals surface area contributed by atoms with Crippen molar-refractivity contribution < 1.29 is 14.3 Å². The minimum Gasteiger partial charge on any atom is -0.493 e. The van der Waals surface area contributed by atoms with Gasteiger partial charge in [-0.25, -0.2) is 4.79 Å². The molecule has 0 atom stereocenters.